The molecule has 0 saturated heterocycles. The summed E-state index contributed by atoms with van der Waals surface area (Å²) in [5.41, 5.74) is 0. The van der Waals surface area contributed by atoms with Gasteiger partial charge < -0.3 is 15.1 Å². The fraction of sp³-hybridized carbons (Fsp3) is 0. The monoisotopic (exact) mass is 206 g/mol. The molecule has 0 unspecified atom stereocenters. The van der Waals surface area contributed by atoms with E-state index in [0.29, 0.717) is 0 Å². The van der Waals surface area contributed by atoms with Crippen LogP contribution < -0.4 is 104 Å². The summed E-state index contributed by atoms with van der Waals surface area (Å²) in [7, 11) is -2.92. The Bertz CT molecular complexity index is 124. The summed E-state index contributed by atoms with van der Waals surface area (Å²) in [4.78, 5) is 0. The fourth-order valence-corrected chi connectivity index (χ4v) is 0.385. The quantitative estimate of drug-likeness (QED) is 0.395. The van der Waals surface area contributed by atoms with E-state index < -0.39 is 7.32 Å². The van der Waals surface area contributed by atoms with Crippen molar-refractivity contribution < 1.29 is 104 Å². The van der Waals surface area contributed by atoms with Crippen LogP contribution in [0.4, 0.5) is 0 Å². The molecular formula is C6H6BNa3O3. The Labute approximate surface area is 145 Å². The molecule has 0 N–H and O–H groups in total. The van der Waals surface area contributed by atoms with Gasteiger partial charge in [0.25, 0.3) is 0 Å². The second kappa shape index (κ2) is 19.7. The Balaban J connectivity index is -0.0000000536. The normalized spacial score (nSPS) is 5.77. The van der Waals surface area contributed by atoms with Crippen LogP contribution in [0.15, 0.2) is 36.4 Å². The molecule has 1 rings (SSSR count). The number of rotatable bonds is 0. The van der Waals surface area contributed by atoms with E-state index in [2.05, 4.69) is 0 Å². The van der Waals surface area contributed by atoms with Crippen molar-refractivity contribution in [3.8, 4) is 0 Å². The molecule has 1 aromatic rings. The molecule has 0 heterocycles. The molecule has 7 heteroatoms. The van der Waals surface area contributed by atoms with Gasteiger partial charge in [0.05, 0.1) is 0 Å². The van der Waals surface area contributed by atoms with Crippen LogP contribution in [0.3, 0.4) is 0 Å². The van der Waals surface area contributed by atoms with Crippen LogP contribution in [0.25, 0.3) is 0 Å². The molecule has 54 valence electrons. The maximum Gasteiger partial charge on any atom is 1.00 e. The summed E-state index contributed by atoms with van der Waals surface area (Å²) in [5, 5.41) is 25.2. The van der Waals surface area contributed by atoms with Crippen LogP contribution in [0.1, 0.15) is 0 Å². The molecule has 0 aliphatic carbocycles. The molecule has 0 bridgehead atoms. The largest absolute Gasteiger partial charge is 1.00 e. The number of hydrogen-bond donors (Lipinski definition) is 0. The van der Waals surface area contributed by atoms with E-state index >= 15 is 0 Å². The van der Waals surface area contributed by atoms with Gasteiger partial charge in [-0.2, -0.15) is 0 Å². The SMILES string of the molecule is [Na+].[Na+].[Na+].[O-]B([O-])[O-].c1ccccc1. The van der Waals surface area contributed by atoms with Gasteiger partial charge in [0.15, 0.2) is 0 Å². The third-order valence-electron chi connectivity index (χ3n) is 0.667. The third-order valence-corrected chi connectivity index (χ3v) is 0.667. The average Bonchev–Trinajstić information content (AvgIpc) is 1.90. The smallest absolute Gasteiger partial charge is 0.907 e. The molecule has 0 atom stereocenters. The minimum atomic E-state index is -2.92. The van der Waals surface area contributed by atoms with Crippen LogP contribution in [0.2, 0.25) is 0 Å². The Morgan fingerprint density at radius 2 is 0.615 bits per heavy atom. The first kappa shape index (κ1) is 24.4. The second-order valence-corrected chi connectivity index (χ2v) is 1.44. The minimum Gasteiger partial charge on any atom is -0.907 e. The summed E-state index contributed by atoms with van der Waals surface area (Å²) in [6.07, 6.45) is 0. The van der Waals surface area contributed by atoms with E-state index in [4.69, 9.17) is 15.1 Å². The molecule has 0 aliphatic heterocycles. The van der Waals surface area contributed by atoms with Gasteiger partial charge in [-0.15, -0.1) is 0 Å². The topological polar surface area (TPSA) is 69.2 Å². The number of benzene rings is 1. The Morgan fingerprint density at radius 1 is 0.538 bits per heavy atom. The van der Waals surface area contributed by atoms with Crippen molar-refractivity contribution >= 4 is 7.32 Å². The van der Waals surface area contributed by atoms with Crippen molar-refractivity contribution in [3.63, 3.8) is 0 Å². The number of hydrogen-bond acceptors (Lipinski definition) is 3. The van der Waals surface area contributed by atoms with Gasteiger partial charge in [0.2, 0.25) is 0 Å². The van der Waals surface area contributed by atoms with Gasteiger partial charge in [-0.25, -0.2) is 0 Å². The van der Waals surface area contributed by atoms with Gasteiger partial charge in [-0.1, -0.05) is 36.4 Å². The zero-order valence-electron chi connectivity index (χ0n) is 8.27. The molecular weight excluding hydrogens is 200 g/mol. The molecule has 0 fully saturated rings. The van der Waals surface area contributed by atoms with E-state index in [1.165, 1.54) is 0 Å². The van der Waals surface area contributed by atoms with E-state index in [-0.39, 0.29) is 88.7 Å². The van der Waals surface area contributed by atoms with Gasteiger partial charge in [-0.3, -0.25) is 7.32 Å². The predicted octanol–water partition coefficient (Wildman–Crippen LogP) is -11.2. The van der Waals surface area contributed by atoms with Gasteiger partial charge in [0, 0.05) is 0 Å². The van der Waals surface area contributed by atoms with Gasteiger partial charge in [0.1, 0.15) is 0 Å². The fourth-order valence-electron chi connectivity index (χ4n) is 0.385. The zero-order valence-corrected chi connectivity index (χ0v) is 14.3. The van der Waals surface area contributed by atoms with Gasteiger partial charge >= 0.3 is 88.7 Å². The zero-order chi connectivity index (χ0) is 7.82. The van der Waals surface area contributed by atoms with Crippen LogP contribution in [0.5, 0.6) is 0 Å². The van der Waals surface area contributed by atoms with Crippen LogP contribution in [0, 0.1) is 0 Å². The van der Waals surface area contributed by atoms with Crippen LogP contribution in [-0.4, -0.2) is 7.32 Å². The van der Waals surface area contributed by atoms with Crippen molar-refractivity contribution in [2.75, 3.05) is 0 Å². The molecule has 13 heavy (non-hydrogen) atoms. The average molecular weight is 206 g/mol. The van der Waals surface area contributed by atoms with Crippen molar-refractivity contribution in [1.82, 2.24) is 0 Å². The van der Waals surface area contributed by atoms with E-state index in [1.807, 2.05) is 36.4 Å². The van der Waals surface area contributed by atoms with Crippen molar-refractivity contribution in [3.05, 3.63) is 36.4 Å². The molecule has 0 amide bonds. The Kier molecular flexibility index (Phi) is 37.0. The molecule has 0 aliphatic rings. The summed E-state index contributed by atoms with van der Waals surface area (Å²) >= 11 is 0. The Hall–Kier alpha value is 2.16. The summed E-state index contributed by atoms with van der Waals surface area (Å²) in [6.45, 7) is 0. The molecule has 0 saturated carbocycles. The maximum atomic E-state index is 8.42. The Morgan fingerprint density at radius 3 is 0.692 bits per heavy atom. The molecule has 0 radical (unpaired) electrons. The van der Waals surface area contributed by atoms with Crippen LogP contribution in [-0.2, 0) is 0 Å². The first-order valence-electron chi connectivity index (χ1n) is 2.71. The van der Waals surface area contributed by atoms with Crippen molar-refractivity contribution in [1.29, 1.82) is 0 Å². The van der Waals surface area contributed by atoms with Gasteiger partial charge in [-0.05, 0) is 0 Å². The molecule has 0 aromatic heterocycles. The summed E-state index contributed by atoms with van der Waals surface area (Å²) in [5.74, 6) is 0. The van der Waals surface area contributed by atoms with Crippen molar-refractivity contribution in [2.24, 2.45) is 0 Å². The summed E-state index contributed by atoms with van der Waals surface area (Å²) in [6, 6.07) is 12.0. The van der Waals surface area contributed by atoms with Crippen LogP contribution >= 0.6 is 0 Å². The molecule has 0 spiro atoms. The standard InChI is InChI=1S/C6H6.BO3.3Na/c1-2-4-6-5-3-1;2-1(3)4;;;/h1-6H;;;;/q;-3;3*+1. The second-order valence-electron chi connectivity index (χ2n) is 1.44. The maximum absolute atomic E-state index is 8.42. The van der Waals surface area contributed by atoms with E-state index in [0.717, 1.165) is 0 Å². The molecule has 1 aromatic carbocycles. The summed E-state index contributed by atoms with van der Waals surface area (Å²) < 4.78 is 0. The van der Waals surface area contributed by atoms with E-state index in [1.54, 1.807) is 0 Å². The predicted molar refractivity (Wildman–Crippen MR) is 32.2 cm³/mol. The first-order chi connectivity index (χ1) is 4.73. The third kappa shape index (κ3) is 31.4. The molecule has 3 nitrogen and oxygen atoms in total. The first-order valence-corrected chi connectivity index (χ1v) is 2.71. The van der Waals surface area contributed by atoms with E-state index in [9.17, 15) is 0 Å². The minimum absolute atomic E-state index is 0. The van der Waals surface area contributed by atoms with Crippen molar-refractivity contribution in [2.45, 2.75) is 0 Å².